The van der Waals surface area contributed by atoms with Crippen molar-refractivity contribution in [1.29, 1.82) is 0 Å². The molecule has 1 aromatic carbocycles. The topological polar surface area (TPSA) is 108 Å². The van der Waals surface area contributed by atoms with E-state index in [1.807, 2.05) is 11.8 Å². The normalized spacial score (nSPS) is 14.9. The maximum atomic E-state index is 12.9. The highest BCUT2D eigenvalue weighted by atomic mass is 16.2. The van der Waals surface area contributed by atoms with Gasteiger partial charge in [-0.15, -0.1) is 0 Å². The van der Waals surface area contributed by atoms with Crippen LogP contribution in [0.2, 0.25) is 0 Å². The third kappa shape index (κ3) is 4.56. The van der Waals surface area contributed by atoms with Crippen molar-refractivity contribution in [3.63, 3.8) is 0 Å². The van der Waals surface area contributed by atoms with Crippen LogP contribution in [0.3, 0.4) is 0 Å². The van der Waals surface area contributed by atoms with E-state index in [-0.39, 0.29) is 23.9 Å². The van der Waals surface area contributed by atoms with Crippen LogP contribution < -0.4 is 16.6 Å². The summed E-state index contributed by atoms with van der Waals surface area (Å²) in [5.41, 5.74) is -0.0532. The van der Waals surface area contributed by atoms with Crippen molar-refractivity contribution in [3.05, 3.63) is 44.6 Å². The van der Waals surface area contributed by atoms with E-state index in [2.05, 4.69) is 10.3 Å². The zero-order valence-corrected chi connectivity index (χ0v) is 16.9. The molecule has 0 aliphatic carbocycles. The highest BCUT2D eigenvalue weighted by molar-refractivity contribution is 5.97. The van der Waals surface area contributed by atoms with Gasteiger partial charge in [-0.2, -0.15) is 0 Å². The molecular formula is C20H27N5O4. The molecule has 0 atom stereocenters. The number of aromatic nitrogens is 2. The largest absolute Gasteiger partial charge is 0.355 e. The van der Waals surface area contributed by atoms with E-state index < -0.39 is 5.69 Å². The predicted molar refractivity (Wildman–Crippen MR) is 110 cm³/mol. The predicted octanol–water partition coefficient (Wildman–Crippen LogP) is -0.00630. The van der Waals surface area contributed by atoms with Gasteiger partial charge < -0.3 is 15.2 Å². The van der Waals surface area contributed by atoms with Gasteiger partial charge in [0.1, 0.15) is 0 Å². The van der Waals surface area contributed by atoms with E-state index in [0.29, 0.717) is 55.7 Å². The number of aromatic amines is 1. The second kappa shape index (κ2) is 9.04. The summed E-state index contributed by atoms with van der Waals surface area (Å²) in [5.74, 6) is -0.148. The van der Waals surface area contributed by atoms with Gasteiger partial charge in [0.05, 0.1) is 17.4 Å². The van der Waals surface area contributed by atoms with Crippen molar-refractivity contribution in [2.75, 3.05) is 39.3 Å². The molecule has 2 aromatic rings. The molecule has 0 radical (unpaired) electrons. The summed E-state index contributed by atoms with van der Waals surface area (Å²) in [6.07, 6.45) is 0.900. The number of hydrogen-bond donors (Lipinski definition) is 2. The van der Waals surface area contributed by atoms with Gasteiger partial charge in [-0.1, -0.05) is 6.92 Å². The molecule has 3 rings (SSSR count). The van der Waals surface area contributed by atoms with Crippen LogP contribution in [0.15, 0.2) is 27.8 Å². The van der Waals surface area contributed by atoms with Crippen LogP contribution >= 0.6 is 0 Å². The summed E-state index contributed by atoms with van der Waals surface area (Å²) in [7, 11) is 0. The number of nitrogens with one attached hydrogen (secondary N) is 2. The second-order valence-electron chi connectivity index (χ2n) is 7.16. The SMILES string of the molecule is CCCNC(=O)CN1CCN(C(=O)c2ccc3c(=O)n(CC)c(=O)[nH]c3c2)CC1. The Morgan fingerprint density at radius 3 is 2.48 bits per heavy atom. The van der Waals surface area contributed by atoms with Gasteiger partial charge >= 0.3 is 5.69 Å². The highest BCUT2D eigenvalue weighted by Gasteiger charge is 2.23. The molecule has 0 spiro atoms. The van der Waals surface area contributed by atoms with Crippen LogP contribution in [0, 0.1) is 0 Å². The van der Waals surface area contributed by atoms with Crippen LogP contribution in [0.5, 0.6) is 0 Å². The van der Waals surface area contributed by atoms with E-state index in [1.54, 1.807) is 30.0 Å². The van der Waals surface area contributed by atoms with E-state index in [4.69, 9.17) is 0 Å². The van der Waals surface area contributed by atoms with Gasteiger partial charge in [0.15, 0.2) is 0 Å². The lowest BCUT2D eigenvalue weighted by molar-refractivity contribution is -0.122. The molecule has 0 bridgehead atoms. The number of piperazine rings is 1. The zero-order chi connectivity index (χ0) is 21.0. The smallest absolute Gasteiger partial charge is 0.328 e. The standard InChI is InChI=1S/C20H27N5O4/c1-3-7-21-17(26)13-23-8-10-24(11-9-23)18(27)14-5-6-15-16(12-14)22-20(29)25(4-2)19(15)28/h5-6,12H,3-4,7-11,13H2,1-2H3,(H,21,26)(H,22,29). The second-order valence-corrected chi connectivity index (χ2v) is 7.16. The van der Waals surface area contributed by atoms with Crippen LogP contribution in [0.1, 0.15) is 30.6 Å². The summed E-state index contributed by atoms with van der Waals surface area (Å²) >= 11 is 0. The van der Waals surface area contributed by atoms with Crippen molar-refractivity contribution >= 4 is 22.7 Å². The molecule has 9 heteroatoms. The molecule has 2 N–H and O–H groups in total. The highest BCUT2D eigenvalue weighted by Crippen LogP contribution is 2.13. The number of carbonyl (C=O) groups excluding carboxylic acids is 2. The average Bonchev–Trinajstić information content (AvgIpc) is 2.72. The number of benzene rings is 1. The van der Waals surface area contributed by atoms with Crippen LogP contribution in [0.25, 0.3) is 10.9 Å². The first kappa shape index (κ1) is 20.8. The van der Waals surface area contributed by atoms with E-state index in [1.165, 1.54) is 0 Å². The number of fused-ring (bicyclic) bond motifs is 1. The maximum Gasteiger partial charge on any atom is 0.328 e. The summed E-state index contributed by atoms with van der Waals surface area (Å²) in [5, 5.41) is 3.24. The molecule has 0 unspecified atom stereocenters. The van der Waals surface area contributed by atoms with E-state index in [9.17, 15) is 19.2 Å². The molecule has 156 valence electrons. The summed E-state index contributed by atoms with van der Waals surface area (Å²) in [6.45, 7) is 7.31. The molecule has 1 aromatic heterocycles. The minimum absolute atomic E-state index is 0.00263. The Morgan fingerprint density at radius 2 is 1.83 bits per heavy atom. The minimum Gasteiger partial charge on any atom is -0.355 e. The summed E-state index contributed by atoms with van der Waals surface area (Å²) in [4.78, 5) is 55.5. The number of H-pyrrole nitrogens is 1. The first-order chi connectivity index (χ1) is 13.9. The molecule has 1 saturated heterocycles. The van der Waals surface area contributed by atoms with Gasteiger partial charge in [-0.25, -0.2) is 4.79 Å². The molecular weight excluding hydrogens is 374 g/mol. The maximum absolute atomic E-state index is 12.9. The number of hydrogen-bond acceptors (Lipinski definition) is 5. The van der Waals surface area contributed by atoms with Gasteiger partial charge in [-0.3, -0.25) is 23.9 Å². The van der Waals surface area contributed by atoms with Crippen molar-refractivity contribution in [3.8, 4) is 0 Å². The summed E-state index contributed by atoms with van der Waals surface area (Å²) < 4.78 is 1.12. The van der Waals surface area contributed by atoms with Gasteiger partial charge in [0, 0.05) is 44.8 Å². The Kier molecular flexibility index (Phi) is 6.48. The van der Waals surface area contributed by atoms with Gasteiger partial charge in [0.2, 0.25) is 5.91 Å². The molecule has 9 nitrogen and oxygen atoms in total. The van der Waals surface area contributed by atoms with Crippen molar-refractivity contribution in [1.82, 2.24) is 24.7 Å². The lowest BCUT2D eigenvalue weighted by atomic mass is 10.1. The molecule has 1 aliphatic heterocycles. The van der Waals surface area contributed by atoms with E-state index >= 15 is 0 Å². The molecule has 2 heterocycles. The first-order valence-electron chi connectivity index (χ1n) is 9.99. The van der Waals surface area contributed by atoms with E-state index in [0.717, 1.165) is 11.0 Å². The fourth-order valence-electron chi connectivity index (χ4n) is 3.49. The number of rotatable bonds is 6. The Balaban J connectivity index is 1.68. The Morgan fingerprint density at radius 1 is 1.10 bits per heavy atom. The monoisotopic (exact) mass is 401 g/mol. The van der Waals surface area contributed by atoms with Crippen molar-refractivity contribution < 1.29 is 9.59 Å². The Bertz CT molecular complexity index is 1020. The van der Waals surface area contributed by atoms with Crippen LogP contribution in [0.4, 0.5) is 0 Å². The fraction of sp³-hybridized carbons (Fsp3) is 0.500. The quantitative estimate of drug-likeness (QED) is 0.708. The molecule has 29 heavy (non-hydrogen) atoms. The summed E-state index contributed by atoms with van der Waals surface area (Å²) in [6, 6.07) is 4.77. The lowest BCUT2D eigenvalue weighted by Gasteiger charge is -2.34. The zero-order valence-electron chi connectivity index (χ0n) is 16.9. The third-order valence-corrected chi connectivity index (χ3v) is 5.14. The third-order valence-electron chi connectivity index (χ3n) is 5.14. The van der Waals surface area contributed by atoms with Crippen molar-refractivity contribution in [2.45, 2.75) is 26.8 Å². The number of amides is 2. The van der Waals surface area contributed by atoms with Gasteiger partial charge in [-0.05, 0) is 31.5 Å². The van der Waals surface area contributed by atoms with Gasteiger partial charge in [0.25, 0.3) is 11.5 Å². The molecule has 1 fully saturated rings. The van der Waals surface area contributed by atoms with Crippen LogP contribution in [-0.2, 0) is 11.3 Å². The molecule has 0 saturated carbocycles. The number of nitrogens with zero attached hydrogens (tertiary/aromatic N) is 3. The lowest BCUT2D eigenvalue weighted by Crippen LogP contribution is -2.51. The van der Waals surface area contributed by atoms with Crippen LogP contribution in [-0.4, -0.2) is 70.4 Å². The Labute approximate surface area is 168 Å². The average molecular weight is 401 g/mol. The minimum atomic E-state index is -0.482. The fourth-order valence-corrected chi connectivity index (χ4v) is 3.49. The number of carbonyl (C=O) groups is 2. The first-order valence-corrected chi connectivity index (χ1v) is 9.99. The van der Waals surface area contributed by atoms with Crippen molar-refractivity contribution in [2.24, 2.45) is 0 Å². The Hall–Kier alpha value is -2.94. The molecule has 1 aliphatic rings. The molecule has 2 amide bonds.